The second kappa shape index (κ2) is 5.92. The molecule has 0 aliphatic carbocycles. The number of nitrogens with zero attached hydrogens (tertiary/aromatic N) is 2. The molecule has 1 heterocycles. The summed E-state index contributed by atoms with van der Waals surface area (Å²) < 4.78 is 0. The average molecular weight is 310 g/mol. The van der Waals surface area contributed by atoms with Gasteiger partial charge in [0.05, 0.1) is 11.1 Å². The van der Waals surface area contributed by atoms with Crippen molar-refractivity contribution in [3.8, 4) is 0 Å². The summed E-state index contributed by atoms with van der Waals surface area (Å²) in [5, 5.41) is 0.520. The van der Waals surface area contributed by atoms with Gasteiger partial charge in [0, 0.05) is 12.7 Å². The lowest BCUT2D eigenvalue weighted by Crippen LogP contribution is -2.37. The molecule has 0 spiro atoms. The van der Waals surface area contributed by atoms with E-state index < -0.39 is 17.8 Å². The third-order valence-electron chi connectivity index (χ3n) is 3.51. The summed E-state index contributed by atoms with van der Waals surface area (Å²) in [6.07, 6.45) is 0. The first-order valence-corrected chi connectivity index (χ1v) is 7.02. The number of carbonyl (C=O) groups excluding carboxylic acids is 3. The van der Waals surface area contributed by atoms with Crippen LogP contribution in [0.15, 0.2) is 54.6 Å². The summed E-state index contributed by atoms with van der Waals surface area (Å²) >= 11 is 0. The molecular formula is C17H14N2O4. The molecule has 2 aromatic carbocycles. The van der Waals surface area contributed by atoms with Gasteiger partial charge < -0.3 is 9.74 Å². The van der Waals surface area contributed by atoms with E-state index in [0.717, 1.165) is 5.69 Å². The van der Waals surface area contributed by atoms with Crippen LogP contribution in [0.3, 0.4) is 0 Å². The largest absolute Gasteiger partial charge is 0.364 e. The summed E-state index contributed by atoms with van der Waals surface area (Å²) in [6, 6.07) is 15.6. The van der Waals surface area contributed by atoms with Gasteiger partial charge >= 0.3 is 5.97 Å². The van der Waals surface area contributed by atoms with Crippen LogP contribution in [0.25, 0.3) is 0 Å². The molecule has 0 fully saturated rings. The number of anilines is 1. The molecule has 0 atom stereocenters. The van der Waals surface area contributed by atoms with Crippen LogP contribution in [0, 0.1) is 0 Å². The zero-order valence-electron chi connectivity index (χ0n) is 12.4. The van der Waals surface area contributed by atoms with E-state index in [4.69, 9.17) is 4.84 Å². The Morgan fingerprint density at radius 1 is 0.957 bits per heavy atom. The van der Waals surface area contributed by atoms with Crippen molar-refractivity contribution in [3.63, 3.8) is 0 Å². The van der Waals surface area contributed by atoms with Crippen molar-refractivity contribution in [3.05, 3.63) is 65.7 Å². The van der Waals surface area contributed by atoms with Crippen LogP contribution < -0.4 is 4.90 Å². The maximum atomic E-state index is 12.1. The number of fused-ring (bicyclic) bond motifs is 1. The third kappa shape index (κ3) is 2.78. The van der Waals surface area contributed by atoms with Crippen LogP contribution in [-0.2, 0) is 9.63 Å². The monoisotopic (exact) mass is 310 g/mol. The second-order valence-electron chi connectivity index (χ2n) is 5.11. The molecule has 0 aromatic heterocycles. The zero-order valence-corrected chi connectivity index (χ0v) is 12.4. The molecule has 2 aromatic rings. The van der Waals surface area contributed by atoms with Crippen molar-refractivity contribution in [2.75, 3.05) is 18.5 Å². The Bertz CT molecular complexity index is 738. The highest BCUT2D eigenvalue weighted by molar-refractivity contribution is 6.20. The Morgan fingerprint density at radius 2 is 1.48 bits per heavy atom. The van der Waals surface area contributed by atoms with E-state index in [-0.39, 0.29) is 17.7 Å². The van der Waals surface area contributed by atoms with Gasteiger partial charge in [0.15, 0.2) is 0 Å². The second-order valence-corrected chi connectivity index (χ2v) is 5.11. The van der Waals surface area contributed by atoms with Gasteiger partial charge in [-0.3, -0.25) is 9.59 Å². The first-order chi connectivity index (χ1) is 11.1. The van der Waals surface area contributed by atoms with Gasteiger partial charge in [0.1, 0.15) is 6.54 Å². The van der Waals surface area contributed by atoms with E-state index in [1.165, 1.54) is 12.1 Å². The Balaban J connectivity index is 1.68. The number of imide groups is 1. The summed E-state index contributed by atoms with van der Waals surface area (Å²) in [7, 11) is 1.72. The summed E-state index contributed by atoms with van der Waals surface area (Å²) in [4.78, 5) is 42.9. The number of amides is 2. The van der Waals surface area contributed by atoms with E-state index in [1.54, 1.807) is 24.1 Å². The first-order valence-electron chi connectivity index (χ1n) is 7.02. The molecule has 3 rings (SSSR count). The number of hydrogen-bond acceptors (Lipinski definition) is 5. The summed E-state index contributed by atoms with van der Waals surface area (Å²) in [5.41, 5.74) is 1.30. The topological polar surface area (TPSA) is 66.9 Å². The van der Waals surface area contributed by atoms with Gasteiger partial charge in [-0.05, 0) is 24.3 Å². The molecule has 1 aliphatic rings. The molecule has 0 radical (unpaired) electrons. The predicted octanol–water partition coefficient (Wildman–Crippen LogP) is 1.88. The molecule has 6 nitrogen and oxygen atoms in total. The van der Waals surface area contributed by atoms with Gasteiger partial charge in [-0.2, -0.15) is 0 Å². The minimum absolute atomic E-state index is 0.0859. The molecule has 23 heavy (non-hydrogen) atoms. The third-order valence-corrected chi connectivity index (χ3v) is 3.51. The number of para-hydroxylation sites is 1. The maximum absolute atomic E-state index is 12.1. The van der Waals surface area contributed by atoms with Gasteiger partial charge in [0.2, 0.25) is 0 Å². The Kier molecular flexibility index (Phi) is 3.80. The highest BCUT2D eigenvalue weighted by Gasteiger charge is 2.38. The van der Waals surface area contributed by atoms with Crippen LogP contribution in [0.4, 0.5) is 5.69 Å². The number of hydroxylamine groups is 2. The highest BCUT2D eigenvalue weighted by Crippen LogP contribution is 2.22. The lowest BCUT2D eigenvalue weighted by atomic mass is 10.1. The standard InChI is InChI=1S/C17H14N2O4/c1-18(12-7-3-2-4-8-12)11-15(20)23-19-16(21)13-9-5-6-10-14(13)17(19)22/h2-10H,11H2,1H3. The smallest absolute Gasteiger partial charge is 0.352 e. The van der Waals surface area contributed by atoms with Crippen molar-refractivity contribution in [1.82, 2.24) is 5.06 Å². The fraction of sp³-hybridized carbons (Fsp3) is 0.118. The molecular weight excluding hydrogens is 296 g/mol. The SMILES string of the molecule is CN(CC(=O)ON1C(=O)c2ccccc2C1=O)c1ccccc1. The fourth-order valence-corrected chi connectivity index (χ4v) is 2.35. The number of carbonyl (C=O) groups is 3. The van der Waals surface area contributed by atoms with E-state index in [9.17, 15) is 14.4 Å². The molecule has 0 saturated carbocycles. The van der Waals surface area contributed by atoms with Crippen LogP contribution in [0.1, 0.15) is 20.7 Å². The Morgan fingerprint density at radius 3 is 2.04 bits per heavy atom. The van der Waals surface area contributed by atoms with Gasteiger partial charge in [0.25, 0.3) is 11.8 Å². The van der Waals surface area contributed by atoms with Crippen LogP contribution in [-0.4, -0.2) is 36.4 Å². The first kappa shape index (κ1) is 14.8. The van der Waals surface area contributed by atoms with Crippen molar-refractivity contribution in [1.29, 1.82) is 0 Å². The van der Waals surface area contributed by atoms with Crippen molar-refractivity contribution in [2.24, 2.45) is 0 Å². The number of hydrogen-bond donors (Lipinski definition) is 0. The number of rotatable bonds is 4. The van der Waals surface area contributed by atoms with Gasteiger partial charge in [-0.15, -0.1) is 0 Å². The molecule has 116 valence electrons. The van der Waals surface area contributed by atoms with Crippen LogP contribution in [0.2, 0.25) is 0 Å². The number of likely N-dealkylation sites (N-methyl/N-ethyl adjacent to an activating group) is 1. The molecule has 1 aliphatic heterocycles. The van der Waals surface area contributed by atoms with E-state index >= 15 is 0 Å². The van der Waals surface area contributed by atoms with Crippen molar-refractivity contribution in [2.45, 2.75) is 0 Å². The predicted molar refractivity (Wildman–Crippen MR) is 82.7 cm³/mol. The maximum Gasteiger partial charge on any atom is 0.352 e. The minimum atomic E-state index is -0.689. The fourth-order valence-electron chi connectivity index (χ4n) is 2.35. The lowest BCUT2D eigenvalue weighted by molar-refractivity contribution is -0.166. The molecule has 6 heteroatoms. The average Bonchev–Trinajstić information content (AvgIpc) is 2.81. The van der Waals surface area contributed by atoms with E-state index in [0.29, 0.717) is 5.06 Å². The van der Waals surface area contributed by atoms with Crippen LogP contribution in [0.5, 0.6) is 0 Å². The highest BCUT2D eigenvalue weighted by atomic mass is 16.7. The Labute approximate surface area is 132 Å². The van der Waals surface area contributed by atoms with Crippen LogP contribution >= 0.6 is 0 Å². The van der Waals surface area contributed by atoms with Gasteiger partial charge in [-0.1, -0.05) is 35.4 Å². The van der Waals surface area contributed by atoms with Gasteiger partial charge in [-0.25, -0.2) is 4.79 Å². The number of benzene rings is 2. The lowest BCUT2D eigenvalue weighted by Gasteiger charge is -2.19. The van der Waals surface area contributed by atoms with Crippen molar-refractivity contribution >= 4 is 23.5 Å². The zero-order chi connectivity index (χ0) is 16.4. The minimum Gasteiger partial charge on any atom is -0.364 e. The molecule has 0 bridgehead atoms. The normalized spacial score (nSPS) is 13.0. The van der Waals surface area contributed by atoms with E-state index in [1.807, 2.05) is 30.3 Å². The molecule has 0 unspecified atom stereocenters. The quantitative estimate of drug-likeness (QED) is 0.807. The molecule has 0 N–H and O–H groups in total. The van der Waals surface area contributed by atoms with E-state index in [2.05, 4.69) is 0 Å². The molecule has 2 amide bonds. The Hall–Kier alpha value is -3.15. The van der Waals surface area contributed by atoms with Crippen molar-refractivity contribution < 1.29 is 19.2 Å². The summed E-state index contributed by atoms with van der Waals surface area (Å²) in [6.45, 7) is -0.0859. The molecule has 0 saturated heterocycles. The summed E-state index contributed by atoms with van der Waals surface area (Å²) in [5.74, 6) is -1.94.